The van der Waals surface area contributed by atoms with Crippen molar-refractivity contribution in [1.82, 2.24) is 10.2 Å². The fraction of sp³-hybridized carbons (Fsp3) is 1.00. The molecule has 1 heterocycles. The molecular weight excluding hydrogens is 220 g/mol. The van der Waals surface area contributed by atoms with E-state index >= 15 is 0 Å². The highest BCUT2D eigenvalue weighted by Gasteiger charge is 2.34. The lowest BCUT2D eigenvalue weighted by Gasteiger charge is -2.31. The van der Waals surface area contributed by atoms with E-state index in [9.17, 15) is 0 Å². The van der Waals surface area contributed by atoms with E-state index in [1.807, 2.05) is 0 Å². The normalized spacial score (nSPS) is 34.0. The highest BCUT2D eigenvalue weighted by atomic mass is 15.2. The van der Waals surface area contributed by atoms with Crippen molar-refractivity contribution in [2.24, 2.45) is 11.8 Å². The molecule has 2 unspecified atom stereocenters. The van der Waals surface area contributed by atoms with E-state index < -0.39 is 0 Å². The summed E-state index contributed by atoms with van der Waals surface area (Å²) in [6.07, 6.45) is 13.3. The largest absolute Gasteiger partial charge is 0.315 e. The number of likely N-dealkylation sites (tertiary alicyclic amines) is 1. The Labute approximate surface area is 113 Å². The van der Waals surface area contributed by atoms with Gasteiger partial charge in [-0.3, -0.25) is 4.90 Å². The van der Waals surface area contributed by atoms with Crippen LogP contribution in [0.1, 0.15) is 57.8 Å². The molecule has 0 aromatic carbocycles. The SMILES string of the molecule is C1CCC(CNCCN2CCC3CCCCC32)C1. The van der Waals surface area contributed by atoms with Crippen molar-refractivity contribution in [1.29, 1.82) is 0 Å². The van der Waals surface area contributed by atoms with Gasteiger partial charge in [0.15, 0.2) is 0 Å². The monoisotopic (exact) mass is 250 g/mol. The minimum Gasteiger partial charge on any atom is -0.315 e. The molecule has 18 heavy (non-hydrogen) atoms. The number of rotatable bonds is 5. The summed E-state index contributed by atoms with van der Waals surface area (Å²) < 4.78 is 0. The predicted octanol–water partition coefficient (Wildman–Crippen LogP) is 3.03. The predicted molar refractivity (Wildman–Crippen MR) is 76.8 cm³/mol. The number of hydrogen-bond donors (Lipinski definition) is 1. The number of nitrogens with zero attached hydrogens (tertiary/aromatic N) is 1. The van der Waals surface area contributed by atoms with Crippen LogP contribution in [0.3, 0.4) is 0 Å². The number of hydrogen-bond acceptors (Lipinski definition) is 2. The van der Waals surface area contributed by atoms with Crippen LogP contribution in [0.15, 0.2) is 0 Å². The summed E-state index contributed by atoms with van der Waals surface area (Å²) in [6, 6.07) is 0.951. The molecular formula is C16H30N2. The fourth-order valence-corrected chi connectivity index (χ4v) is 4.52. The van der Waals surface area contributed by atoms with Crippen LogP contribution < -0.4 is 5.32 Å². The molecule has 2 aliphatic carbocycles. The van der Waals surface area contributed by atoms with E-state index in [1.165, 1.54) is 84.0 Å². The first-order chi connectivity index (χ1) is 8.93. The van der Waals surface area contributed by atoms with E-state index in [2.05, 4.69) is 10.2 Å². The van der Waals surface area contributed by atoms with Gasteiger partial charge < -0.3 is 5.32 Å². The molecule has 0 amide bonds. The highest BCUT2D eigenvalue weighted by Crippen LogP contribution is 2.35. The van der Waals surface area contributed by atoms with Gasteiger partial charge in [-0.1, -0.05) is 25.7 Å². The third-order valence-electron chi connectivity index (χ3n) is 5.61. The summed E-state index contributed by atoms with van der Waals surface area (Å²) in [7, 11) is 0. The Morgan fingerprint density at radius 1 is 0.889 bits per heavy atom. The molecule has 3 fully saturated rings. The molecule has 0 spiro atoms. The smallest absolute Gasteiger partial charge is 0.0124 e. The molecule has 1 aliphatic heterocycles. The van der Waals surface area contributed by atoms with Gasteiger partial charge in [0.25, 0.3) is 0 Å². The van der Waals surface area contributed by atoms with Crippen LogP contribution in [-0.4, -0.2) is 37.1 Å². The molecule has 2 atom stereocenters. The third kappa shape index (κ3) is 3.08. The average Bonchev–Trinajstić information content (AvgIpc) is 3.04. The second kappa shape index (κ2) is 6.38. The Morgan fingerprint density at radius 2 is 1.67 bits per heavy atom. The Hall–Kier alpha value is -0.0800. The Morgan fingerprint density at radius 3 is 2.56 bits per heavy atom. The zero-order valence-electron chi connectivity index (χ0n) is 11.9. The van der Waals surface area contributed by atoms with Gasteiger partial charge in [-0.05, 0) is 57.0 Å². The van der Waals surface area contributed by atoms with Crippen molar-refractivity contribution in [3.05, 3.63) is 0 Å². The Bertz CT molecular complexity index is 247. The van der Waals surface area contributed by atoms with Crippen molar-refractivity contribution in [2.45, 2.75) is 63.8 Å². The zero-order chi connectivity index (χ0) is 12.2. The lowest BCUT2D eigenvalue weighted by atomic mass is 9.85. The quantitative estimate of drug-likeness (QED) is 0.755. The second-order valence-electron chi connectivity index (χ2n) is 6.79. The first-order valence-electron chi connectivity index (χ1n) is 8.38. The standard InChI is InChI=1S/C16H30N2/c1-2-6-14(5-1)13-17-10-12-18-11-9-15-7-3-4-8-16(15)18/h14-17H,1-13H2. The summed E-state index contributed by atoms with van der Waals surface area (Å²) in [6.45, 7) is 5.18. The summed E-state index contributed by atoms with van der Waals surface area (Å²) in [5.74, 6) is 2.04. The maximum absolute atomic E-state index is 3.71. The van der Waals surface area contributed by atoms with Crippen LogP contribution in [-0.2, 0) is 0 Å². The van der Waals surface area contributed by atoms with Crippen molar-refractivity contribution >= 4 is 0 Å². The van der Waals surface area contributed by atoms with Crippen LogP contribution in [0.2, 0.25) is 0 Å². The molecule has 2 heteroatoms. The minimum absolute atomic E-state index is 0.951. The van der Waals surface area contributed by atoms with Crippen LogP contribution in [0, 0.1) is 11.8 Å². The van der Waals surface area contributed by atoms with Gasteiger partial charge in [0.2, 0.25) is 0 Å². The van der Waals surface area contributed by atoms with E-state index in [0.29, 0.717) is 0 Å². The van der Waals surface area contributed by atoms with E-state index in [4.69, 9.17) is 0 Å². The summed E-state index contributed by atoms with van der Waals surface area (Å²) in [5.41, 5.74) is 0. The molecule has 1 saturated heterocycles. The van der Waals surface area contributed by atoms with Crippen molar-refractivity contribution in [3.8, 4) is 0 Å². The lowest BCUT2D eigenvalue weighted by Crippen LogP contribution is -2.39. The minimum atomic E-state index is 0.951. The van der Waals surface area contributed by atoms with Gasteiger partial charge in [-0.2, -0.15) is 0 Å². The summed E-state index contributed by atoms with van der Waals surface area (Å²) in [5, 5.41) is 3.71. The van der Waals surface area contributed by atoms with Gasteiger partial charge in [0.1, 0.15) is 0 Å². The highest BCUT2D eigenvalue weighted by molar-refractivity contribution is 4.89. The molecule has 0 bridgehead atoms. The van der Waals surface area contributed by atoms with Gasteiger partial charge >= 0.3 is 0 Å². The van der Waals surface area contributed by atoms with Crippen LogP contribution in [0.4, 0.5) is 0 Å². The average molecular weight is 250 g/mol. The van der Waals surface area contributed by atoms with Crippen LogP contribution in [0.25, 0.3) is 0 Å². The fourth-order valence-electron chi connectivity index (χ4n) is 4.52. The topological polar surface area (TPSA) is 15.3 Å². The van der Waals surface area contributed by atoms with E-state index in [0.717, 1.165) is 17.9 Å². The molecule has 1 N–H and O–H groups in total. The molecule has 0 radical (unpaired) electrons. The Kier molecular flexibility index (Phi) is 4.58. The Balaban J connectivity index is 1.33. The maximum atomic E-state index is 3.71. The van der Waals surface area contributed by atoms with Gasteiger partial charge in [-0.15, -0.1) is 0 Å². The summed E-state index contributed by atoms with van der Waals surface area (Å²) >= 11 is 0. The van der Waals surface area contributed by atoms with Crippen LogP contribution in [0.5, 0.6) is 0 Å². The number of nitrogens with one attached hydrogen (secondary N) is 1. The third-order valence-corrected chi connectivity index (χ3v) is 5.61. The zero-order valence-corrected chi connectivity index (χ0v) is 11.9. The molecule has 2 saturated carbocycles. The first-order valence-corrected chi connectivity index (χ1v) is 8.38. The van der Waals surface area contributed by atoms with Crippen molar-refractivity contribution in [2.75, 3.05) is 26.2 Å². The second-order valence-corrected chi connectivity index (χ2v) is 6.79. The molecule has 3 rings (SSSR count). The first kappa shape index (κ1) is 12.9. The van der Waals surface area contributed by atoms with Crippen molar-refractivity contribution in [3.63, 3.8) is 0 Å². The maximum Gasteiger partial charge on any atom is 0.0124 e. The van der Waals surface area contributed by atoms with Crippen LogP contribution >= 0.6 is 0 Å². The molecule has 0 aromatic rings. The molecule has 3 aliphatic rings. The number of fused-ring (bicyclic) bond motifs is 1. The lowest BCUT2D eigenvalue weighted by molar-refractivity contribution is 0.182. The summed E-state index contributed by atoms with van der Waals surface area (Å²) in [4.78, 5) is 2.78. The molecule has 104 valence electrons. The molecule has 2 nitrogen and oxygen atoms in total. The van der Waals surface area contributed by atoms with Gasteiger partial charge in [-0.25, -0.2) is 0 Å². The van der Waals surface area contributed by atoms with Gasteiger partial charge in [0.05, 0.1) is 0 Å². The van der Waals surface area contributed by atoms with Crippen molar-refractivity contribution < 1.29 is 0 Å². The molecule has 0 aromatic heterocycles. The van der Waals surface area contributed by atoms with E-state index in [-0.39, 0.29) is 0 Å². The van der Waals surface area contributed by atoms with Gasteiger partial charge in [0, 0.05) is 19.1 Å². The van der Waals surface area contributed by atoms with E-state index in [1.54, 1.807) is 0 Å².